The number of hydrogen-bond donors (Lipinski definition) is 0. The largest absolute Gasteiger partial charge is 0.385 e. The van der Waals surface area contributed by atoms with Crippen molar-refractivity contribution in [1.82, 2.24) is 4.98 Å². The van der Waals surface area contributed by atoms with Gasteiger partial charge in [-0.05, 0) is 25.5 Å². The Morgan fingerprint density at radius 2 is 2.33 bits per heavy atom. The summed E-state index contributed by atoms with van der Waals surface area (Å²) in [5.74, 6) is 0.171. The maximum Gasteiger partial charge on any atom is 0.165 e. The second-order valence-electron chi connectivity index (χ2n) is 3.73. The van der Waals surface area contributed by atoms with Crippen LogP contribution in [-0.2, 0) is 4.74 Å². The first-order valence-corrected chi connectivity index (χ1v) is 5.11. The molecule has 0 aliphatic heterocycles. The average Bonchev–Trinajstić information content (AvgIpc) is 2.24. The quantitative estimate of drug-likeness (QED) is 0.695. The number of hydrogen-bond acceptors (Lipinski definition) is 3. The van der Waals surface area contributed by atoms with Crippen LogP contribution in [0.3, 0.4) is 0 Å². The van der Waals surface area contributed by atoms with Crippen LogP contribution in [0.4, 0.5) is 0 Å². The molecule has 1 unspecified atom stereocenters. The van der Waals surface area contributed by atoms with Gasteiger partial charge in [-0.2, -0.15) is 0 Å². The Kier molecular flexibility index (Phi) is 4.43. The predicted octanol–water partition coefficient (Wildman–Crippen LogP) is 2.25. The Hall–Kier alpha value is -1.22. The van der Waals surface area contributed by atoms with E-state index in [0.717, 1.165) is 17.7 Å². The summed E-state index contributed by atoms with van der Waals surface area (Å²) in [6, 6.07) is 3.59. The first-order chi connectivity index (χ1) is 7.15. The SMILES string of the molecule is COCCC(C)C(=O)c1ccnc(C)c1. The molecule has 1 aromatic rings. The highest BCUT2D eigenvalue weighted by Crippen LogP contribution is 2.12. The fourth-order valence-electron chi connectivity index (χ4n) is 1.41. The van der Waals surface area contributed by atoms with Gasteiger partial charge in [0.25, 0.3) is 0 Å². The molecule has 0 saturated heterocycles. The number of ketones is 1. The van der Waals surface area contributed by atoms with Gasteiger partial charge in [0.2, 0.25) is 0 Å². The zero-order chi connectivity index (χ0) is 11.3. The van der Waals surface area contributed by atoms with Gasteiger partial charge in [-0.25, -0.2) is 0 Å². The lowest BCUT2D eigenvalue weighted by molar-refractivity contribution is 0.0893. The monoisotopic (exact) mass is 207 g/mol. The third-order valence-corrected chi connectivity index (χ3v) is 2.38. The van der Waals surface area contributed by atoms with Crippen LogP contribution in [0.1, 0.15) is 29.4 Å². The Bertz CT molecular complexity index is 336. The number of nitrogens with zero attached hydrogens (tertiary/aromatic N) is 1. The van der Waals surface area contributed by atoms with Crippen LogP contribution in [0.25, 0.3) is 0 Å². The molecule has 0 radical (unpaired) electrons. The van der Waals surface area contributed by atoms with E-state index in [1.54, 1.807) is 19.4 Å². The minimum atomic E-state index is 0.00625. The Morgan fingerprint density at radius 3 is 2.93 bits per heavy atom. The summed E-state index contributed by atoms with van der Waals surface area (Å²) >= 11 is 0. The summed E-state index contributed by atoms with van der Waals surface area (Å²) in [6.45, 7) is 4.44. The lowest BCUT2D eigenvalue weighted by Crippen LogP contribution is -2.13. The van der Waals surface area contributed by atoms with Gasteiger partial charge < -0.3 is 4.74 Å². The molecule has 0 saturated carbocycles. The normalized spacial score (nSPS) is 12.5. The molecule has 0 fully saturated rings. The lowest BCUT2D eigenvalue weighted by Gasteiger charge is -2.09. The van der Waals surface area contributed by atoms with Crippen molar-refractivity contribution in [1.29, 1.82) is 0 Å². The molecule has 15 heavy (non-hydrogen) atoms. The number of methoxy groups -OCH3 is 1. The first kappa shape index (κ1) is 11.9. The maximum absolute atomic E-state index is 11.9. The van der Waals surface area contributed by atoms with E-state index in [2.05, 4.69) is 4.98 Å². The third-order valence-electron chi connectivity index (χ3n) is 2.38. The van der Waals surface area contributed by atoms with Gasteiger partial charge in [0.15, 0.2) is 5.78 Å². The Morgan fingerprint density at radius 1 is 1.60 bits per heavy atom. The van der Waals surface area contributed by atoms with Crippen molar-refractivity contribution in [3.8, 4) is 0 Å². The molecule has 1 aromatic heterocycles. The molecule has 82 valence electrons. The van der Waals surface area contributed by atoms with Crippen molar-refractivity contribution in [2.24, 2.45) is 5.92 Å². The average molecular weight is 207 g/mol. The number of aryl methyl sites for hydroxylation is 1. The van der Waals surface area contributed by atoms with Gasteiger partial charge in [-0.3, -0.25) is 9.78 Å². The van der Waals surface area contributed by atoms with Gasteiger partial charge in [0.1, 0.15) is 0 Å². The van der Waals surface area contributed by atoms with E-state index in [-0.39, 0.29) is 11.7 Å². The zero-order valence-corrected chi connectivity index (χ0v) is 9.49. The van der Waals surface area contributed by atoms with E-state index in [0.29, 0.717) is 6.61 Å². The van der Waals surface area contributed by atoms with Crippen LogP contribution in [-0.4, -0.2) is 24.5 Å². The van der Waals surface area contributed by atoms with Crippen molar-refractivity contribution in [3.05, 3.63) is 29.6 Å². The summed E-state index contributed by atoms with van der Waals surface area (Å²) in [4.78, 5) is 16.0. The Labute approximate surface area is 90.5 Å². The van der Waals surface area contributed by atoms with E-state index in [1.165, 1.54) is 0 Å². The molecule has 0 bridgehead atoms. The fourth-order valence-corrected chi connectivity index (χ4v) is 1.41. The number of aromatic nitrogens is 1. The van der Waals surface area contributed by atoms with Gasteiger partial charge in [-0.1, -0.05) is 6.92 Å². The molecule has 3 nitrogen and oxygen atoms in total. The topological polar surface area (TPSA) is 39.2 Å². The van der Waals surface area contributed by atoms with Crippen LogP contribution in [0.15, 0.2) is 18.3 Å². The highest BCUT2D eigenvalue weighted by atomic mass is 16.5. The molecule has 0 aliphatic rings. The molecule has 3 heteroatoms. The van der Waals surface area contributed by atoms with E-state index in [9.17, 15) is 4.79 Å². The number of carbonyl (C=O) groups excluding carboxylic acids is 1. The summed E-state index contributed by atoms with van der Waals surface area (Å²) in [5.41, 5.74) is 1.62. The highest BCUT2D eigenvalue weighted by Gasteiger charge is 2.14. The van der Waals surface area contributed by atoms with E-state index < -0.39 is 0 Å². The van der Waals surface area contributed by atoms with Crippen molar-refractivity contribution in [2.75, 3.05) is 13.7 Å². The summed E-state index contributed by atoms with van der Waals surface area (Å²) in [6.07, 6.45) is 2.43. The van der Waals surface area contributed by atoms with Gasteiger partial charge in [0, 0.05) is 37.1 Å². The van der Waals surface area contributed by atoms with Gasteiger partial charge in [0.05, 0.1) is 0 Å². The van der Waals surface area contributed by atoms with Gasteiger partial charge >= 0.3 is 0 Å². The molecular formula is C12H17NO2. The van der Waals surface area contributed by atoms with Crippen LogP contribution in [0.2, 0.25) is 0 Å². The molecular weight excluding hydrogens is 190 g/mol. The summed E-state index contributed by atoms with van der Waals surface area (Å²) < 4.78 is 4.96. The second kappa shape index (κ2) is 5.61. The standard InChI is InChI=1S/C12H17NO2/c1-9(5-7-15-3)12(14)11-4-6-13-10(2)8-11/h4,6,8-9H,5,7H2,1-3H3. The summed E-state index contributed by atoms with van der Waals surface area (Å²) in [7, 11) is 1.65. The van der Waals surface area contributed by atoms with Crippen molar-refractivity contribution in [3.63, 3.8) is 0 Å². The molecule has 1 atom stereocenters. The third kappa shape index (κ3) is 3.44. The molecule has 0 spiro atoms. The number of pyridine rings is 1. The number of Topliss-reactive ketones (excluding diaryl/α,β-unsaturated/α-hetero) is 1. The van der Waals surface area contributed by atoms with E-state index in [4.69, 9.17) is 4.74 Å². The molecule has 0 N–H and O–H groups in total. The molecule has 1 rings (SSSR count). The second-order valence-corrected chi connectivity index (χ2v) is 3.73. The summed E-state index contributed by atoms with van der Waals surface area (Å²) in [5, 5.41) is 0. The van der Waals surface area contributed by atoms with Crippen LogP contribution in [0.5, 0.6) is 0 Å². The smallest absolute Gasteiger partial charge is 0.165 e. The number of ether oxygens (including phenoxy) is 1. The van der Waals surface area contributed by atoms with Gasteiger partial charge in [-0.15, -0.1) is 0 Å². The highest BCUT2D eigenvalue weighted by molar-refractivity contribution is 5.97. The number of rotatable bonds is 5. The predicted molar refractivity (Wildman–Crippen MR) is 59.0 cm³/mol. The maximum atomic E-state index is 11.9. The fraction of sp³-hybridized carbons (Fsp3) is 0.500. The van der Waals surface area contributed by atoms with Crippen LogP contribution >= 0.6 is 0 Å². The number of carbonyl (C=O) groups is 1. The van der Waals surface area contributed by atoms with Crippen molar-refractivity contribution in [2.45, 2.75) is 20.3 Å². The minimum Gasteiger partial charge on any atom is -0.385 e. The van der Waals surface area contributed by atoms with Crippen molar-refractivity contribution >= 4 is 5.78 Å². The van der Waals surface area contributed by atoms with Crippen LogP contribution < -0.4 is 0 Å². The molecule has 0 aliphatic carbocycles. The lowest BCUT2D eigenvalue weighted by atomic mass is 9.97. The zero-order valence-electron chi connectivity index (χ0n) is 9.49. The minimum absolute atomic E-state index is 0.00625. The molecule has 1 heterocycles. The van der Waals surface area contributed by atoms with Crippen LogP contribution in [0, 0.1) is 12.8 Å². The van der Waals surface area contributed by atoms with E-state index >= 15 is 0 Å². The first-order valence-electron chi connectivity index (χ1n) is 5.11. The van der Waals surface area contributed by atoms with Crippen molar-refractivity contribution < 1.29 is 9.53 Å². The van der Waals surface area contributed by atoms with E-state index in [1.807, 2.05) is 19.9 Å². The Balaban J connectivity index is 2.67. The molecule has 0 aromatic carbocycles. The molecule has 0 amide bonds.